The first-order chi connectivity index (χ1) is 8.33. The summed E-state index contributed by atoms with van der Waals surface area (Å²) in [6, 6.07) is 15.6. The first kappa shape index (κ1) is 11.2. The molecule has 0 N–H and O–H groups in total. The van der Waals surface area contributed by atoms with Gasteiger partial charge >= 0.3 is 0 Å². The summed E-state index contributed by atoms with van der Waals surface area (Å²) < 4.78 is 7.02. The van der Waals surface area contributed by atoms with Crippen molar-refractivity contribution < 1.29 is 9.30 Å². The number of rotatable bonds is 3. The SMILES string of the molecule is COc1ccc(C[n+]2ccccc2C#N)cc1. The minimum absolute atomic E-state index is 0.656. The highest BCUT2D eigenvalue weighted by Crippen LogP contribution is 2.10. The topological polar surface area (TPSA) is 36.9 Å². The number of nitriles is 1. The number of nitrogens with zero attached hydrogens (tertiary/aromatic N) is 2. The van der Waals surface area contributed by atoms with Crippen LogP contribution in [0.5, 0.6) is 5.75 Å². The Balaban J connectivity index is 2.23. The fraction of sp³-hybridized carbons (Fsp3) is 0.143. The van der Waals surface area contributed by atoms with E-state index in [1.165, 1.54) is 0 Å². The lowest BCUT2D eigenvalue weighted by molar-refractivity contribution is -0.690. The summed E-state index contributed by atoms with van der Waals surface area (Å²) >= 11 is 0. The van der Waals surface area contributed by atoms with E-state index >= 15 is 0 Å². The van der Waals surface area contributed by atoms with Crippen molar-refractivity contribution in [3.05, 3.63) is 59.9 Å². The van der Waals surface area contributed by atoms with Crippen molar-refractivity contribution in [1.29, 1.82) is 5.26 Å². The summed E-state index contributed by atoms with van der Waals surface area (Å²) in [7, 11) is 1.65. The van der Waals surface area contributed by atoms with Crippen LogP contribution in [0.15, 0.2) is 48.7 Å². The van der Waals surface area contributed by atoms with E-state index in [-0.39, 0.29) is 0 Å². The molecule has 0 spiro atoms. The third-order valence-corrected chi connectivity index (χ3v) is 2.57. The molecule has 1 aromatic heterocycles. The quantitative estimate of drug-likeness (QED) is 0.748. The second kappa shape index (κ2) is 5.13. The van der Waals surface area contributed by atoms with E-state index in [9.17, 15) is 0 Å². The number of aromatic nitrogens is 1. The second-order valence-corrected chi connectivity index (χ2v) is 3.67. The Labute approximate surface area is 101 Å². The van der Waals surface area contributed by atoms with Gasteiger partial charge in [-0.1, -0.05) is 0 Å². The number of hydrogen-bond acceptors (Lipinski definition) is 2. The molecule has 0 radical (unpaired) electrons. The molecule has 0 amide bonds. The van der Waals surface area contributed by atoms with Crippen LogP contribution in [0.3, 0.4) is 0 Å². The van der Waals surface area contributed by atoms with E-state index in [4.69, 9.17) is 10.00 Å². The highest BCUT2D eigenvalue weighted by atomic mass is 16.5. The summed E-state index contributed by atoms with van der Waals surface area (Å²) in [5.41, 5.74) is 1.79. The molecule has 0 bridgehead atoms. The van der Waals surface area contributed by atoms with Crippen molar-refractivity contribution in [1.82, 2.24) is 0 Å². The van der Waals surface area contributed by atoms with Gasteiger partial charge in [-0.15, -0.1) is 0 Å². The van der Waals surface area contributed by atoms with Crippen molar-refractivity contribution in [2.75, 3.05) is 7.11 Å². The second-order valence-electron chi connectivity index (χ2n) is 3.67. The minimum atomic E-state index is 0.656. The van der Waals surface area contributed by atoms with Gasteiger partial charge in [0.15, 0.2) is 18.8 Å². The van der Waals surface area contributed by atoms with Crippen LogP contribution in [0.25, 0.3) is 0 Å². The normalized spacial score (nSPS) is 9.65. The molecule has 0 aliphatic carbocycles. The number of pyridine rings is 1. The first-order valence-corrected chi connectivity index (χ1v) is 5.35. The Morgan fingerprint density at radius 3 is 2.59 bits per heavy atom. The van der Waals surface area contributed by atoms with Gasteiger partial charge in [-0.25, -0.2) is 0 Å². The summed E-state index contributed by atoms with van der Waals surface area (Å²) in [6.45, 7) is 0.688. The van der Waals surface area contributed by atoms with Crippen LogP contribution in [0.2, 0.25) is 0 Å². The Kier molecular flexibility index (Phi) is 3.37. The molecule has 2 rings (SSSR count). The maximum Gasteiger partial charge on any atom is 0.283 e. The Bertz CT molecular complexity index is 541. The van der Waals surface area contributed by atoms with Gasteiger partial charge in [-0.05, 0) is 30.3 Å². The molecule has 0 saturated heterocycles. The monoisotopic (exact) mass is 225 g/mol. The molecule has 0 aliphatic rings. The lowest BCUT2D eigenvalue weighted by atomic mass is 10.2. The molecule has 0 unspecified atom stereocenters. The van der Waals surface area contributed by atoms with Crippen molar-refractivity contribution in [2.24, 2.45) is 0 Å². The Hall–Kier alpha value is -2.34. The summed E-state index contributed by atoms with van der Waals surface area (Å²) in [5.74, 6) is 0.840. The average Bonchev–Trinajstić information content (AvgIpc) is 2.40. The fourth-order valence-electron chi connectivity index (χ4n) is 1.64. The lowest BCUT2D eigenvalue weighted by Crippen LogP contribution is -2.37. The fourth-order valence-corrected chi connectivity index (χ4v) is 1.64. The van der Waals surface area contributed by atoms with Crippen molar-refractivity contribution in [3.63, 3.8) is 0 Å². The van der Waals surface area contributed by atoms with Gasteiger partial charge in [0.05, 0.1) is 7.11 Å². The molecule has 0 saturated carbocycles. The predicted octanol–water partition coefficient (Wildman–Crippen LogP) is 1.90. The highest BCUT2D eigenvalue weighted by molar-refractivity contribution is 5.26. The molecule has 84 valence electrons. The highest BCUT2D eigenvalue weighted by Gasteiger charge is 2.08. The van der Waals surface area contributed by atoms with Crippen LogP contribution < -0.4 is 9.30 Å². The standard InChI is InChI=1S/C14H13N2O/c1-17-14-7-5-12(6-8-14)11-16-9-3-2-4-13(16)10-15/h2-9H,11H2,1H3/q+1. The molecule has 3 heteroatoms. The third-order valence-electron chi connectivity index (χ3n) is 2.57. The molecule has 2 aromatic rings. The lowest BCUT2D eigenvalue weighted by Gasteiger charge is -2.01. The summed E-state index contributed by atoms with van der Waals surface area (Å²) in [5, 5.41) is 8.99. The van der Waals surface area contributed by atoms with E-state index < -0.39 is 0 Å². The number of benzene rings is 1. The van der Waals surface area contributed by atoms with Gasteiger partial charge in [-0.2, -0.15) is 9.83 Å². The molecule has 17 heavy (non-hydrogen) atoms. The largest absolute Gasteiger partial charge is 0.497 e. The van der Waals surface area contributed by atoms with Crippen LogP contribution >= 0.6 is 0 Å². The van der Waals surface area contributed by atoms with Crippen LogP contribution in [0.1, 0.15) is 11.3 Å². The van der Waals surface area contributed by atoms with Gasteiger partial charge < -0.3 is 4.74 Å². The summed E-state index contributed by atoms with van der Waals surface area (Å²) in [6.07, 6.45) is 1.91. The molecule has 0 fully saturated rings. The predicted molar refractivity (Wildman–Crippen MR) is 63.4 cm³/mol. The van der Waals surface area contributed by atoms with Crippen LogP contribution in [0, 0.1) is 11.3 Å². The number of methoxy groups -OCH3 is 1. The van der Waals surface area contributed by atoms with E-state index in [2.05, 4.69) is 6.07 Å². The number of ether oxygens (including phenoxy) is 1. The van der Waals surface area contributed by atoms with Gasteiger partial charge in [-0.3, -0.25) is 0 Å². The van der Waals surface area contributed by atoms with E-state index in [1.807, 2.05) is 53.2 Å². The van der Waals surface area contributed by atoms with Gasteiger partial charge in [0.2, 0.25) is 0 Å². The van der Waals surface area contributed by atoms with Crippen molar-refractivity contribution in [3.8, 4) is 11.8 Å². The van der Waals surface area contributed by atoms with Crippen LogP contribution in [-0.4, -0.2) is 7.11 Å². The van der Waals surface area contributed by atoms with Crippen LogP contribution in [0.4, 0.5) is 0 Å². The van der Waals surface area contributed by atoms with Gasteiger partial charge in [0.1, 0.15) is 5.75 Å². The average molecular weight is 225 g/mol. The zero-order valence-corrected chi connectivity index (χ0v) is 9.63. The molecular weight excluding hydrogens is 212 g/mol. The maximum atomic E-state index is 8.99. The maximum absolute atomic E-state index is 8.99. The third kappa shape index (κ3) is 2.61. The molecule has 3 nitrogen and oxygen atoms in total. The van der Waals surface area contributed by atoms with Crippen molar-refractivity contribution >= 4 is 0 Å². The molecule has 1 aromatic carbocycles. The zero-order valence-electron chi connectivity index (χ0n) is 9.63. The van der Waals surface area contributed by atoms with E-state index in [0.29, 0.717) is 12.2 Å². The number of hydrogen-bond donors (Lipinski definition) is 0. The molecule has 1 heterocycles. The van der Waals surface area contributed by atoms with Gasteiger partial charge in [0, 0.05) is 17.7 Å². The van der Waals surface area contributed by atoms with E-state index in [1.54, 1.807) is 7.11 Å². The van der Waals surface area contributed by atoms with Crippen LogP contribution in [-0.2, 0) is 6.54 Å². The Morgan fingerprint density at radius 1 is 1.18 bits per heavy atom. The molecule has 0 aliphatic heterocycles. The molecule has 0 atom stereocenters. The smallest absolute Gasteiger partial charge is 0.283 e. The van der Waals surface area contributed by atoms with Crippen molar-refractivity contribution in [2.45, 2.75) is 6.54 Å². The Morgan fingerprint density at radius 2 is 1.94 bits per heavy atom. The minimum Gasteiger partial charge on any atom is -0.497 e. The molecular formula is C14H13N2O+. The zero-order chi connectivity index (χ0) is 12.1. The first-order valence-electron chi connectivity index (χ1n) is 5.35. The summed E-state index contributed by atoms with van der Waals surface area (Å²) in [4.78, 5) is 0. The van der Waals surface area contributed by atoms with Gasteiger partial charge in [0.25, 0.3) is 5.69 Å². The van der Waals surface area contributed by atoms with E-state index in [0.717, 1.165) is 11.3 Å².